The van der Waals surface area contributed by atoms with Crippen molar-refractivity contribution in [3.05, 3.63) is 17.2 Å². The molecule has 1 aliphatic heterocycles. The molecule has 1 N–H and O–H groups in total. The molecule has 1 atom stereocenters. The van der Waals surface area contributed by atoms with Crippen LogP contribution in [0.2, 0.25) is 0 Å². The zero-order valence-corrected chi connectivity index (χ0v) is 13.0. The lowest BCUT2D eigenvalue weighted by atomic mass is 10.0. The molecule has 7 nitrogen and oxygen atoms in total. The van der Waals surface area contributed by atoms with E-state index in [0.29, 0.717) is 6.42 Å². The third-order valence-corrected chi connectivity index (χ3v) is 3.18. The average molecular weight is 295 g/mol. The number of nitrogens with one attached hydrogen (secondary N) is 1. The van der Waals surface area contributed by atoms with E-state index in [1.165, 1.54) is 12.0 Å². The monoisotopic (exact) mass is 295 g/mol. The van der Waals surface area contributed by atoms with Gasteiger partial charge in [0.25, 0.3) is 0 Å². The highest BCUT2D eigenvalue weighted by Crippen LogP contribution is 2.24. The number of hydrogen-bond acceptors (Lipinski definition) is 5. The number of aryl methyl sites for hydroxylation is 1. The van der Waals surface area contributed by atoms with Crippen molar-refractivity contribution in [2.75, 3.05) is 7.11 Å². The highest BCUT2D eigenvalue weighted by atomic mass is 16.6. The summed E-state index contributed by atoms with van der Waals surface area (Å²) in [6.07, 6.45) is -0.207. The molecule has 7 heteroatoms. The Bertz CT molecular complexity index is 559. The van der Waals surface area contributed by atoms with E-state index in [1.54, 1.807) is 20.8 Å². The summed E-state index contributed by atoms with van der Waals surface area (Å²) in [6, 6.07) is -0.708. The molecule has 116 valence electrons. The first kappa shape index (κ1) is 15.3. The van der Waals surface area contributed by atoms with Gasteiger partial charge in [0.05, 0.1) is 25.0 Å². The number of aromatic nitrogens is 2. The van der Waals surface area contributed by atoms with Crippen LogP contribution in [0.25, 0.3) is 0 Å². The molecule has 1 amide bonds. The number of nitrogens with zero attached hydrogens (tertiary/aromatic N) is 2. The second-order valence-corrected chi connectivity index (χ2v) is 6.10. The van der Waals surface area contributed by atoms with Crippen molar-refractivity contribution in [3.8, 4) is 0 Å². The van der Waals surface area contributed by atoms with Crippen molar-refractivity contribution in [3.63, 3.8) is 0 Å². The molecule has 0 aromatic carbocycles. The van der Waals surface area contributed by atoms with Gasteiger partial charge in [-0.2, -0.15) is 0 Å². The number of ether oxygens (including phenoxy) is 2. The Kier molecular flexibility index (Phi) is 3.93. The number of esters is 1. The first-order valence-corrected chi connectivity index (χ1v) is 6.83. The van der Waals surface area contributed by atoms with Crippen LogP contribution in [0.15, 0.2) is 0 Å². The van der Waals surface area contributed by atoms with Gasteiger partial charge in [0.15, 0.2) is 0 Å². The highest BCUT2D eigenvalue weighted by molar-refractivity contribution is 5.82. The van der Waals surface area contributed by atoms with Gasteiger partial charge in [0.1, 0.15) is 17.5 Å². The fraction of sp³-hybridized carbons (Fsp3) is 0.643. The van der Waals surface area contributed by atoms with Crippen LogP contribution in [0.3, 0.4) is 0 Å². The van der Waals surface area contributed by atoms with Crippen LogP contribution in [-0.4, -0.2) is 45.7 Å². The van der Waals surface area contributed by atoms with E-state index in [0.717, 1.165) is 17.2 Å². The van der Waals surface area contributed by atoms with E-state index in [9.17, 15) is 9.59 Å². The van der Waals surface area contributed by atoms with Gasteiger partial charge < -0.3 is 14.5 Å². The first-order chi connectivity index (χ1) is 9.71. The molecule has 1 aromatic rings. The Hall–Kier alpha value is -2.05. The summed E-state index contributed by atoms with van der Waals surface area (Å²) in [4.78, 5) is 33.1. The Labute approximate surface area is 123 Å². The molecule has 2 heterocycles. The van der Waals surface area contributed by atoms with Gasteiger partial charge in [0.2, 0.25) is 0 Å². The minimum absolute atomic E-state index is 0.255. The lowest BCUT2D eigenvalue weighted by Gasteiger charge is -2.34. The van der Waals surface area contributed by atoms with Crippen LogP contribution in [0.5, 0.6) is 0 Å². The Morgan fingerprint density at radius 3 is 2.62 bits per heavy atom. The lowest BCUT2D eigenvalue weighted by molar-refractivity contribution is -0.147. The number of methoxy groups -OCH3 is 1. The van der Waals surface area contributed by atoms with Crippen LogP contribution in [0.4, 0.5) is 4.79 Å². The first-order valence-electron chi connectivity index (χ1n) is 6.83. The number of imidazole rings is 1. The molecule has 0 saturated carbocycles. The standard InChI is InChI=1S/C14H21N3O4/c1-8-15-9-6-11(12(18)20-5)17(7-10(9)16-8)13(19)21-14(2,3)4/h11H,6-7H2,1-5H3,(H,15,16)/t11-/m0/s1. The van der Waals surface area contributed by atoms with Crippen molar-refractivity contribution < 1.29 is 19.1 Å². The lowest BCUT2D eigenvalue weighted by Crippen LogP contribution is -2.50. The molecule has 0 aliphatic carbocycles. The maximum Gasteiger partial charge on any atom is 0.411 e. The summed E-state index contributed by atoms with van der Waals surface area (Å²) >= 11 is 0. The molecule has 21 heavy (non-hydrogen) atoms. The summed E-state index contributed by atoms with van der Waals surface area (Å²) in [6.45, 7) is 7.45. The van der Waals surface area contributed by atoms with E-state index in [2.05, 4.69) is 9.97 Å². The van der Waals surface area contributed by atoms with Crippen molar-refractivity contribution >= 4 is 12.1 Å². The largest absolute Gasteiger partial charge is 0.467 e. The summed E-state index contributed by atoms with van der Waals surface area (Å²) in [5.74, 6) is 0.293. The topological polar surface area (TPSA) is 84.5 Å². The highest BCUT2D eigenvalue weighted by Gasteiger charge is 2.39. The molecule has 0 unspecified atom stereocenters. The number of carbonyl (C=O) groups is 2. The minimum atomic E-state index is -0.708. The molecule has 0 saturated heterocycles. The number of carbonyl (C=O) groups excluding carboxylic acids is 2. The SMILES string of the molecule is COC(=O)[C@@H]1Cc2nc(C)[nH]c2CN1C(=O)OC(C)(C)C. The van der Waals surface area contributed by atoms with E-state index in [4.69, 9.17) is 9.47 Å². The maximum absolute atomic E-state index is 12.3. The fourth-order valence-corrected chi connectivity index (χ4v) is 2.32. The van der Waals surface area contributed by atoms with Crippen LogP contribution in [0, 0.1) is 6.92 Å². The second-order valence-electron chi connectivity index (χ2n) is 6.10. The van der Waals surface area contributed by atoms with Gasteiger partial charge >= 0.3 is 12.1 Å². The molecule has 1 aliphatic rings. The van der Waals surface area contributed by atoms with E-state index < -0.39 is 23.7 Å². The van der Waals surface area contributed by atoms with Crippen molar-refractivity contribution in [1.29, 1.82) is 0 Å². The van der Waals surface area contributed by atoms with Crippen LogP contribution in [0.1, 0.15) is 38.0 Å². The van der Waals surface area contributed by atoms with Crippen LogP contribution < -0.4 is 0 Å². The van der Waals surface area contributed by atoms with Gasteiger partial charge in [-0.3, -0.25) is 4.90 Å². The van der Waals surface area contributed by atoms with Gasteiger partial charge in [-0.25, -0.2) is 14.6 Å². The predicted molar refractivity (Wildman–Crippen MR) is 74.6 cm³/mol. The normalized spacial score (nSPS) is 18.1. The third kappa shape index (κ3) is 3.34. The van der Waals surface area contributed by atoms with Crippen molar-refractivity contribution in [1.82, 2.24) is 14.9 Å². The maximum atomic E-state index is 12.3. The van der Waals surface area contributed by atoms with Crippen molar-refractivity contribution in [2.24, 2.45) is 0 Å². The number of fused-ring (bicyclic) bond motifs is 1. The van der Waals surface area contributed by atoms with Crippen LogP contribution >= 0.6 is 0 Å². The smallest absolute Gasteiger partial charge is 0.411 e. The quantitative estimate of drug-likeness (QED) is 0.795. The van der Waals surface area contributed by atoms with Gasteiger partial charge in [-0.1, -0.05) is 0 Å². The zero-order valence-electron chi connectivity index (χ0n) is 13.0. The molecule has 0 radical (unpaired) electrons. The summed E-state index contributed by atoms with van der Waals surface area (Å²) in [5, 5.41) is 0. The van der Waals surface area contributed by atoms with E-state index in [1.807, 2.05) is 6.92 Å². The van der Waals surface area contributed by atoms with E-state index in [-0.39, 0.29) is 6.54 Å². The molecular formula is C14H21N3O4. The molecular weight excluding hydrogens is 274 g/mol. The number of H-pyrrole nitrogens is 1. The van der Waals surface area contributed by atoms with Crippen LogP contribution in [-0.2, 0) is 27.2 Å². The Morgan fingerprint density at radius 2 is 2.05 bits per heavy atom. The number of hydrogen-bond donors (Lipinski definition) is 1. The predicted octanol–water partition coefficient (Wildman–Crippen LogP) is 1.55. The molecule has 0 spiro atoms. The minimum Gasteiger partial charge on any atom is -0.467 e. The van der Waals surface area contributed by atoms with E-state index >= 15 is 0 Å². The average Bonchev–Trinajstić information content (AvgIpc) is 2.73. The van der Waals surface area contributed by atoms with Gasteiger partial charge in [-0.15, -0.1) is 0 Å². The number of amides is 1. The summed E-state index contributed by atoms with van der Waals surface area (Å²) in [5.41, 5.74) is 1.00. The molecule has 2 rings (SSSR count). The van der Waals surface area contributed by atoms with Gasteiger partial charge in [0, 0.05) is 6.42 Å². The molecule has 1 aromatic heterocycles. The molecule has 0 bridgehead atoms. The van der Waals surface area contributed by atoms with Crippen molar-refractivity contribution in [2.45, 2.75) is 52.3 Å². The fourth-order valence-electron chi connectivity index (χ4n) is 2.32. The Balaban J connectivity index is 2.28. The zero-order chi connectivity index (χ0) is 15.8. The second kappa shape index (κ2) is 5.38. The third-order valence-electron chi connectivity index (χ3n) is 3.18. The number of rotatable bonds is 1. The van der Waals surface area contributed by atoms with Gasteiger partial charge in [-0.05, 0) is 27.7 Å². The Morgan fingerprint density at radius 1 is 1.38 bits per heavy atom. The molecule has 0 fully saturated rings. The number of aromatic amines is 1. The summed E-state index contributed by atoms with van der Waals surface area (Å²) < 4.78 is 10.2. The summed E-state index contributed by atoms with van der Waals surface area (Å²) in [7, 11) is 1.31.